The number of amides is 1. The summed E-state index contributed by atoms with van der Waals surface area (Å²) in [5.41, 5.74) is 7.63. The first-order chi connectivity index (χ1) is 9.11. The van der Waals surface area contributed by atoms with Crippen molar-refractivity contribution >= 4 is 11.6 Å². The highest BCUT2D eigenvalue weighted by Crippen LogP contribution is 2.21. The molecule has 0 aliphatic carbocycles. The van der Waals surface area contributed by atoms with Crippen LogP contribution in [0.1, 0.15) is 16.1 Å². The average Bonchev–Trinajstić information content (AvgIpc) is 2.81. The van der Waals surface area contributed by atoms with Crippen LogP contribution in [-0.2, 0) is 13.6 Å². The molecule has 2 rings (SSSR count). The molecule has 0 aliphatic heterocycles. The van der Waals surface area contributed by atoms with Gasteiger partial charge in [-0.3, -0.25) is 9.48 Å². The first-order valence-corrected chi connectivity index (χ1v) is 5.80. The molecule has 0 spiro atoms. The molecular weight excluding hydrogens is 244 g/mol. The van der Waals surface area contributed by atoms with Crippen LogP contribution in [0.5, 0.6) is 5.75 Å². The van der Waals surface area contributed by atoms with Gasteiger partial charge in [0.15, 0.2) is 0 Å². The number of nitrogen functional groups attached to an aromatic ring is 1. The maximum absolute atomic E-state index is 12.0. The summed E-state index contributed by atoms with van der Waals surface area (Å²) in [4.78, 5) is 12.0. The van der Waals surface area contributed by atoms with E-state index in [9.17, 15) is 4.79 Å². The fourth-order valence-electron chi connectivity index (χ4n) is 1.72. The number of aromatic nitrogens is 2. The standard InChI is InChI=1S/C13H16N4O2/c1-17-10(5-6-16-17)8-15-13(18)9-3-4-12(19-2)11(14)7-9/h3-7H,8,14H2,1-2H3,(H,15,18). The molecule has 0 aliphatic rings. The summed E-state index contributed by atoms with van der Waals surface area (Å²) in [6, 6.07) is 6.79. The van der Waals surface area contributed by atoms with Gasteiger partial charge in [-0.1, -0.05) is 0 Å². The molecule has 3 N–H and O–H groups in total. The van der Waals surface area contributed by atoms with Crippen molar-refractivity contribution < 1.29 is 9.53 Å². The molecule has 0 fully saturated rings. The predicted molar refractivity (Wildman–Crippen MR) is 71.8 cm³/mol. The number of benzene rings is 1. The molecule has 0 radical (unpaired) electrons. The van der Waals surface area contributed by atoms with Gasteiger partial charge in [-0.15, -0.1) is 0 Å². The molecule has 6 heteroatoms. The van der Waals surface area contributed by atoms with Crippen molar-refractivity contribution in [3.8, 4) is 5.75 Å². The summed E-state index contributed by atoms with van der Waals surface area (Å²) in [6.07, 6.45) is 1.69. The Balaban J connectivity index is 2.04. The molecule has 0 saturated carbocycles. The highest BCUT2D eigenvalue weighted by atomic mass is 16.5. The van der Waals surface area contributed by atoms with E-state index in [1.807, 2.05) is 13.1 Å². The summed E-state index contributed by atoms with van der Waals surface area (Å²) in [7, 11) is 3.36. The van der Waals surface area contributed by atoms with E-state index < -0.39 is 0 Å². The van der Waals surface area contributed by atoms with E-state index >= 15 is 0 Å². The molecule has 19 heavy (non-hydrogen) atoms. The van der Waals surface area contributed by atoms with Gasteiger partial charge in [-0.05, 0) is 24.3 Å². The van der Waals surface area contributed by atoms with Gasteiger partial charge in [-0.2, -0.15) is 5.10 Å². The zero-order chi connectivity index (χ0) is 13.8. The summed E-state index contributed by atoms with van der Waals surface area (Å²) in [5, 5.41) is 6.84. The van der Waals surface area contributed by atoms with Crippen LogP contribution in [0.4, 0.5) is 5.69 Å². The van der Waals surface area contributed by atoms with Gasteiger partial charge in [0.25, 0.3) is 5.91 Å². The summed E-state index contributed by atoms with van der Waals surface area (Å²) in [5.74, 6) is 0.374. The Morgan fingerprint density at radius 1 is 1.47 bits per heavy atom. The molecule has 6 nitrogen and oxygen atoms in total. The quantitative estimate of drug-likeness (QED) is 0.801. The van der Waals surface area contributed by atoms with Crippen molar-refractivity contribution in [3.63, 3.8) is 0 Å². The number of ether oxygens (including phenoxy) is 1. The van der Waals surface area contributed by atoms with Crippen molar-refractivity contribution in [1.82, 2.24) is 15.1 Å². The molecule has 100 valence electrons. The van der Waals surface area contributed by atoms with E-state index in [-0.39, 0.29) is 5.91 Å². The van der Waals surface area contributed by atoms with E-state index in [4.69, 9.17) is 10.5 Å². The van der Waals surface area contributed by atoms with E-state index in [2.05, 4.69) is 10.4 Å². The molecule has 1 amide bonds. The molecular formula is C13H16N4O2. The van der Waals surface area contributed by atoms with E-state index in [1.165, 1.54) is 7.11 Å². The van der Waals surface area contributed by atoms with Gasteiger partial charge in [-0.25, -0.2) is 0 Å². The second-order valence-corrected chi connectivity index (χ2v) is 4.09. The first kappa shape index (κ1) is 12.9. The number of rotatable bonds is 4. The van der Waals surface area contributed by atoms with Crippen molar-refractivity contribution in [3.05, 3.63) is 41.7 Å². The second kappa shape index (κ2) is 5.43. The monoisotopic (exact) mass is 260 g/mol. The van der Waals surface area contributed by atoms with Gasteiger partial charge in [0.2, 0.25) is 0 Å². The number of nitrogens with zero attached hydrogens (tertiary/aromatic N) is 2. The highest BCUT2D eigenvalue weighted by molar-refractivity contribution is 5.95. The van der Waals surface area contributed by atoms with Crippen LogP contribution in [0, 0.1) is 0 Å². The zero-order valence-electron chi connectivity index (χ0n) is 10.9. The highest BCUT2D eigenvalue weighted by Gasteiger charge is 2.09. The number of carbonyl (C=O) groups is 1. The van der Waals surface area contributed by atoms with E-state index in [0.29, 0.717) is 23.5 Å². The first-order valence-electron chi connectivity index (χ1n) is 5.80. The zero-order valence-corrected chi connectivity index (χ0v) is 10.9. The van der Waals surface area contributed by atoms with Crippen LogP contribution in [0.15, 0.2) is 30.5 Å². The number of nitrogens with one attached hydrogen (secondary N) is 1. The Kier molecular flexibility index (Phi) is 3.70. The third kappa shape index (κ3) is 2.85. The Bertz CT molecular complexity index is 592. The number of methoxy groups -OCH3 is 1. The molecule has 2 aromatic rings. The largest absolute Gasteiger partial charge is 0.495 e. The smallest absolute Gasteiger partial charge is 0.251 e. The fourth-order valence-corrected chi connectivity index (χ4v) is 1.72. The summed E-state index contributed by atoms with van der Waals surface area (Å²) in [6.45, 7) is 0.418. The van der Waals surface area contributed by atoms with Gasteiger partial charge in [0.1, 0.15) is 5.75 Å². The minimum absolute atomic E-state index is 0.185. The minimum Gasteiger partial charge on any atom is -0.495 e. The molecule has 0 bridgehead atoms. The number of carbonyl (C=O) groups excluding carboxylic acids is 1. The van der Waals surface area contributed by atoms with Gasteiger partial charge in [0.05, 0.1) is 25.0 Å². The lowest BCUT2D eigenvalue weighted by molar-refractivity contribution is 0.0950. The average molecular weight is 260 g/mol. The van der Waals surface area contributed by atoms with Crippen molar-refractivity contribution in [2.75, 3.05) is 12.8 Å². The minimum atomic E-state index is -0.185. The van der Waals surface area contributed by atoms with Crippen LogP contribution in [0.2, 0.25) is 0 Å². The predicted octanol–water partition coefficient (Wildman–Crippen LogP) is 0.941. The number of aryl methyl sites for hydroxylation is 1. The van der Waals surface area contributed by atoms with Gasteiger partial charge < -0.3 is 15.8 Å². The normalized spacial score (nSPS) is 10.2. The molecule has 1 heterocycles. The molecule has 0 atom stereocenters. The van der Waals surface area contributed by atoms with Crippen molar-refractivity contribution in [1.29, 1.82) is 0 Å². The Morgan fingerprint density at radius 3 is 2.84 bits per heavy atom. The molecule has 1 aromatic heterocycles. The molecule has 0 unspecified atom stereocenters. The van der Waals surface area contributed by atoms with Crippen LogP contribution >= 0.6 is 0 Å². The number of anilines is 1. The fraction of sp³-hybridized carbons (Fsp3) is 0.231. The third-order valence-electron chi connectivity index (χ3n) is 2.84. The van der Waals surface area contributed by atoms with Crippen LogP contribution in [-0.4, -0.2) is 22.8 Å². The third-order valence-corrected chi connectivity index (χ3v) is 2.84. The lowest BCUT2D eigenvalue weighted by Crippen LogP contribution is -2.24. The number of hydrogen-bond acceptors (Lipinski definition) is 4. The Morgan fingerprint density at radius 2 is 2.26 bits per heavy atom. The van der Waals surface area contributed by atoms with Crippen molar-refractivity contribution in [2.45, 2.75) is 6.54 Å². The second-order valence-electron chi connectivity index (χ2n) is 4.09. The van der Waals surface area contributed by atoms with E-state index in [1.54, 1.807) is 29.1 Å². The maximum Gasteiger partial charge on any atom is 0.251 e. The summed E-state index contributed by atoms with van der Waals surface area (Å²) >= 11 is 0. The van der Waals surface area contributed by atoms with Gasteiger partial charge >= 0.3 is 0 Å². The number of hydrogen-bond donors (Lipinski definition) is 2. The number of nitrogens with two attached hydrogens (primary N) is 1. The topological polar surface area (TPSA) is 82.2 Å². The Hall–Kier alpha value is -2.50. The van der Waals surface area contributed by atoms with Gasteiger partial charge in [0, 0.05) is 18.8 Å². The SMILES string of the molecule is COc1ccc(C(=O)NCc2ccnn2C)cc1N. The van der Waals surface area contributed by atoms with Crippen LogP contribution in [0.3, 0.4) is 0 Å². The maximum atomic E-state index is 12.0. The molecule has 0 saturated heterocycles. The van der Waals surface area contributed by atoms with Crippen LogP contribution < -0.4 is 15.8 Å². The molecule has 1 aromatic carbocycles. The van der Waals surface area contributed by atoms with Crippen LogP contribution in [0.25, 0.3) is 0 Å². The summed E-state index contributed by atoms with van der Waals surface area (Å²) < 4.78 is 6.76. The van der Waals surface area contributed by atoms with E-state index in [0.717, 1.165) is 5.69 Å². The Labute approximate surface area is 111 Å². The van der Waals surface area contributed by atoms with Crippen molar-refractivity contribution in [2.24, 2.45) is 7.05 Å². The lowest BCUT2D eigenvalue weighted by atomic mass is 10.1. The lowest BCUT2D eigenvalue weighted by Gasteiger charge is -2.08.